The summed E-state index contributed by atoms with van der Waals surface area (Å²) in [6.45, 7) is 0. The highest BCUT2D eigenvalue weighted by Crippen LogP contribution is 2.31. The standard InChI is InChI=1S/C11H8BrClN2O/c12-7-5-9(14)11(15-6-7)16-10-4-2-1-3-8(10)13/h1-6H,14H2. The van der Waals surface area contributed by atoms with Crippen LogP contribution in [0.5, 0.6) is 11.6 Å². The first-order valence-electron chi connectivity index (χ1n) is 4.50. The van der Waals surface area contributed by atoms with E-state index in [0.29, 0.717) is 22.3 Å². The number of para-hydroxylation sites is 1. The van der Waals surface area contributed by atoms with Crippen molar-refractivity contribution in [1.82, 2.24) is 4.98 Å². The Labute approximate surface area is 106 Å². The van der Waals surface area contributed by atoms with E-state index in [4.69, 9.17) is 22.1 Å². The van der Waals surface area contributed by atoms with Gasteiger partial charge in [-0.15, -0.1) is 0 Å². The summed E-state index contributed by atoms with van der Waals surface area (Å²) in [5.41, 5.74) is 6.21. The van der Waals surface area contributed by atoms with Crippen LogP contribution in [0.25, 0.3) is 0 Å². The lowest BCUT2D eigenvalue weighted by Crippen LogP contribution is -1.95. The van der Waals surface area contributed by atoms with Crippen LogP contribution in [0.3, 0.4) is 0 Å². The van der Waals surface area contributed by atoms with Gasteiger partial charge < -0.3 is 10.5 Å². The summed E-state index contributed by atoms with van der Waals surface area (Å²) in [5.74, 6) is 0.877. The number of pyridine rings is 1. The second kappa shape index (κ2) is 4.72. The Morgan fingerprint density at radius 1 is 1.31 bits per heavy atom. The summed E-state index contributed by atoms with van der Waals surface area (Å²) in [6, 6.07) is 8.88. The van der Waals surface area contributed by atoms with Gasteiger partial charge in [-0.3, -0.25) is 0 Å². The van der Waals surface area contributed by atoms with Gasteiger partial charge in [0.25, 0.3) is 0 Å². The van der Waals surface area contributed by atoms with Crippen LogP contribution in [0.15, 0.2) is 41.0 Å². The van der Waals surface area contributed by atoms with Gasteiger partial charge in [-0.25, -0.2) is 4.98 Å². The molecule has 0 aliphatic heterocycles. The number of ether oxygens (including phenoxy) is 1. The van der Waals surface area contributed by atoms with E-state index in [0.717, 1.165) is 4.47 Å². The molecule has 0 saturated carbocycles. The fourth-order valence-corrected chi connectivity index (χ4v) is 1.68. The lowest BCUT2D eigenvalue weighted by atomic mass is 10.3. The smallest absolute Gasteiger partial charge is 0.242 e. The quantitative estimate of drug-likeness (QED) is 0.915. The monoisotopic (exact) mass is 298 g/mol. The number of nitrogens with zero attached hydrogens (tertiary/aromatic N) is 1. The topological polar surface area (TPSA) is 48.1 Å². The molecule has 0 radical (unpaired) electrons. The summed E-state index contributed by atoms with van der Waals surface area (Å²) < 4.78 is 6.31. The van der Waals surface area contributed by atoms with Crippen LogP contribution in [0, 0.1) is 0 Å². The molecule has 0 amide bonds. The van der Waals surface area contributed by atoms with E-state index in [1.807, 2.05) is 12.1 Å². The average Bonchev–Trinajstić information content (AvgIpc) is 2.25. The van der Waals surface area contributed by atoms with Gasteiger partial charge in [0.15, 0.2) is 0 Å². The third-order valence-corrected chi connectivity index (χ3v) is 2.63. The highest BCUT2D eigenvalue weighted by molar-refractivity contribution is 9.10. The number of nitrogens with two attached hydrogens (primary N) is 1. The van der Waals surface area contributed by atoms with E-state index in [1.165, 1.54) is 0 Å². The van der Waals surface area contributed by atoms with Crippen molar-refractivity contribution in [2.45, 2.75) is 0 Å². The van der Waals surface area contributed by atoms with Gasteiger partial charge in [-0.1, -0.05) is 23.7 Å². The Bertz CT molecular complexity index is 519. The van der Waals surface area contributed by atoms with Crippen molar-refractivity contribution < 1.29 is 4.74 Å². The maximum Gasteiger partial charge on any atom is 0.242 e. The molecule has 0 saturated heterocycles. The molecule has 82 valence electrons. The zero-order valence-electron chi connectivity index (χ0n) is 8.15. The van der Waals surface area contributed by atoms with Crippen molar-refractivity contribution in [3.8, 4) is 11.6 Å². The molecule has 3 nitrogen and oxygen atoms in total. The number of nitrogen functional groups attached to an aromatic ring is 1. The maximum absolute atomic E-state index is 5.95. The molecule has 0 aliphatic rings. The van der Waals surface area contributed by atoms with Crippen molar-refractivity contribution in [1.29, 1.82) is 0 Å². The van der Waals surface area contributed by atoms with E-state index in [-0.39, 0.29) is 0 Å². The summed E-state index contributed by atoms with van der Waals surface area (Å²) in [4.78, 5) is 4.06. The largest absolute Gasteiger partial charge is 0.436 e. The molecule has 1 aromatic heterocycles. The number of hydrogen-bond acceptors (Lipinski definition) is 3. The van der Waals surface area contributed by atoms with Gasteiger partial charge in [0.2, 0.25) is 5.88 Å². The Morgan fingerprint density at radius 3 is 2.75 bits per heavy atom. The van der Waals surface area contributed by atoms with Gasteiger partial charge in [-0.2, -0.15) is 0 Å². The van der Waals surface area contributed by atoms with Crippen LogP contribution in [0.1, 0.15) is 0 Å². The Balaban J connectivity index is 2.31. The number of anilines is 1. The van der Waals surface area contributed by atoms with E-state index in [9.17, 15) is 0 Å². The summed E-state index contributed by atoms with van der Waals surface area (Å²) in [6.07, 6.45) is 1.61. The highest BCUT2D eigenvalue weighted by atomic mass is 79.9. The first-order chi connectivity index (χ1) is 7.66. The van der Waals surface area contributed by atoms with Crippen molar-refractivity contribution in [2.24, 2.45) is 0 Å². The number of benzene rings is 1. The molecule has 16 heavy (non-hydrogen) atoms. The lowest BCUT2D eigenvalue weighted by Gasteiger charge is -2.08. The van der Waals surface area contributed by atoms with Crippen molar-refractivity contribution >= 4 is 33.2 Å². The van der Waals surface area contributed by atoms with Crippen LogP contribution in [0.4, 0.5) is 5.69 Å². The van der Waals surface area contributed by atoms with Gasteiger partial charge in [0.1, 0.15) is 5.75 Å². The zero-order chi connectivity index (χ0) is 11.5. The van der Waals surface area contributed by atoms with Gasteiger partial charge >= 0.3 is 0 Å². The number of hydrogen-bond donors (Lipinski definition) is 1. The molecule has 0 atom stereocenters. The van der Waals surface area contributed by atoms with E-state index >= 15 is 0 Å². The molecule has 5 heteroatoms. The molecule has 0 unspecified atom stereocenters. The minimum atomic E-state index is 0.344. The first kappa shape index (κ1) is 11.2. The number of rotatable bonds is 2. The van der Waals surface area contributed by atoms with Gasteiger partial charge in [0.05, 0.1) is 10.7 Å². The molecular weight excluding hydrogens is 291 g/mol. The molecule has 2 aromatic rings. The molecule has 0 aliphatic carbocycles. The molecular formula is C11H8BrClN2O. The van der Waals surface area contributed by atoms with Crippen LogP contribution in [-0.4, -0.2) is 4.98 Å². The molecule has 0 fully saturated rings. The van der Waals surface area contributed by atoms with Crippen LogP contribution in [0.2, 0.25) is 5.02 Å². The van der Waals surface area contributed by atoms with Gasteiger partial charge in [-0.05, 0) is 34.1 Å². The molecule has 0 spiro atoms. The van der Waals surface area contributed by atoms with E-state index in [2.05, 4.69) is 20.9 Å². The Kier molecular flexibility index (Phi) is 3.31. The predicted octanol–water partition coefficient (Wildman–Crippen LogP) is 3.87. The second-order valence-electron chi connectivity index (χ2n) is 3.08. The van der Waals surface area contributed by atoms with Crippen molar-refractivity contribution in [3.63, 3.8) is 0 Å². The van der Waals surface area contributed by atoms with E-state index in [1.54, 1.807) is 24.4 Å². The summed E-state index contributed by atoms with van der Waals surface area (Å²) >= 11 is 9.23. The molecule has 1 heterocycles. The third kappa shape index (κ3) is 2.46. The Morgan fingerprint density at radius 2 is 2.06 bits per heavy atom. The normalized spacial score (nSPS) is 10.1. The van der Waals surface area contributed by atoms with Gasteiger partial charge in [0, 0.05) is 10.7 Å². The average molecular weight is 300 g/mol. The SMILES string of the molecule is Nc1cc(Br)cnc1Oc1ccccc1Cl. The zero-order valence-corrected chi connectivity index (χ0v) is 10.5. The molecule has 1 aromatic carbocycles. The highest BCUT2D eigenvalue weighted by Gasteiger charge is 2.06. The number of aromatic nitrogens is 1. The molecule has 0 bridgehead atoms. The lowest BCUT2D eigenvalue weighted by molar-refractivity contribution is 0.465. The predicted molar refractivity (Wildman–Crippen MR) is 67.9 cm³/mol. The second-order valence-corrected chi connectivity index (χ2v) is 4.40. The van der Waals surface area contributed by atoms with Crippen LogP contribution >= 0.6 is 27.5 Å². The maximum atomic E-state index is 5.95. The third-order valence-electron chi connectivity index (χ3n) is 1.89. The minimum Gasteiger partial charge on any atom is -0.436 e. The molecule has 2 rings (SSSR count). The van der Waals surface area contributed by atoms with Crippen LogP contribution in [-0.2, 0) is 0 Å². The van der Waals surface area contributed by atoms with E-state index < -0.39 is 0 Å². The summed E-state index contributed by atoms with van der Waals surface area (Å²) in [7, 11) is 0. The van der Waals surface area contributed by atoms with Crippen molar-refractivity contribution in [2.75, 3.05) is 5.73 Å². The molecule has 2 N–H and O–H groups in total. The minimum absolute atomic E-state index is 0.344. The van der Waals surface area contributed by atoms with Crippen molar-refractivity contribution in [3.05, 3.63) is 46.0 Å². The Hall–Kier alpha value is -1.26. The fraction of sp³-hybridized carbons (Fsp3) is 0. The van der Waals surface area contributed by atoms with Crippen LogP contribution < -0.4 is 10.5 Å². The first-order valence-corrected chi connectivity index (χ1v) is 5.67. The summed E-state index contributed by atoms with van der Waals surface area (Å²) in [5, 5.41) is 0.520. The number of halogens is 2. The fourth-order valence-electron chi connectivity index (χ4n) is 1.16.